The number of imide groups is 1. The number of nitrogens with zero attached hydrogens (tertiary/aromatic N) is 1. The summed E-state index contributed by atoms with van der Waals surface area (Å²) in [6.07, 6.45) is 0.875. The summed E-state index contributed by atoms with van der Waals surface area (Å²) in [5.41, 5.74) is 3.14. The van der Waals surface area contributed by atoms with Gasteiger partial charge in [-0.25, -0.2) is 4.90 Å². The number of rotatable bonds is 8. The zero-order chi connectivity index (χ0) is 22.7. The predicted molar refractivity (Wildman–Crippen MR) is 130 cm³/mol. The van der Waals surface area contributed by atoms with Gasteiger partial charge in [0.15, 0.2) is 0 Å². The Kier molecular flexibility index (Phi) is 6.42. The second-order valence-corrected chi connectivity index (χ2v) is 8.87. The minimum atomic E-state index is -0.376. The molecule has 1 N–H and O–H groups in total. The highest BCUT2D eigenvalue weighted by molar-refractivity contribution is 7.11. The zero-order valence-corrected chi connectivity index (χ0v) is 19.2. The Bertz CT molecular complexity index is 1150. The zero-order valence-electron chi connectivity index (χ0n) is 18.4. The summed E-state index contributed by atoms with van der Waals surface area (Å²) in [6, 6.07) is 18.8. The minimum absolute atomic E-state index is 0.287. The average molecular weight is 447 g/mol. The molecule has 0 saturated carbocycles. The highest BCUT2D eigenvalue weighted by Crippen LogP contribution is 2.36. The van der Waals surface area contributed by atoms with E-state index in [1.807, 2.05) is 54.8 Å². The van der Waals surface area contributed by atoms with Gasteiger partial charge < -0.3 is 10.1 Å². The highest BCUT2D eigenvalue weighted by atomic mass is 32.1. The number of hydrogen-bond donors (Lipinski definition) is 1. The van der Waals surface area contributed by atoms with Crippen LogP contribution in [0.3, 0.4) is 0 Å². The molecule has 164 valence electrons. The van der Waals surface area contributed by atoms with E-state index < -0.39 is 0 Å². The molecule has 1 aliphatic heterocycles. The molecule has 0 unspecified atom stereocenters. The molecule has 2 heterocycles. The van der Waals surface area contributed by atoms with E-state index in [0.717, 1.165) is 17.0 Å². The Hall–Kier alpha value is -3.38. The smallest absolute Gasteiger partial charge is 0.282 e. The third-order valence-electron chi connectivity index (χ3n) is 5.25. The van der Waals surface area contributed by atoms with E-state index in [1.165, 1.54) is 21.8 Å². The SMILES string of the molecule is CCCOc1cccc(N2C(=O)C(Nc3ccc(C(C)C)cc3)=C(c3cccs3)C2=O)c1. The van der Waals surface area contributed by atoms with E-state index >= 15 is 0 Å². The first-order chi connectivity index (χ1) is 15.5. The lowest BCUT2D eigenvalue weighted by Crippen LogP contribution is -2.32. The molecule has 0 atom stereocenters. The fourth-order valence-corrected chi connectivity index (χ4v) is 4.33. The topological polar surface area (TPSA) is 58.6 Å². The molecule has 0 radical (unpaired) electrons. The van der Waals surface area contributed by atoms with Crippen LogP contribution in [0.2, 0.25) is 0 Å². The molecule has 6 heteroatoms. The summed E-state index contributed by atoms with van der Waals surface area (Å²) in [4.78, 5) is 28.9. The van der Waals surface area contributed by atoms with Crippen molar-refractivity contribution < 1.29 is 14.3 Å². The van der Waals surface area contributed by atoms with Gasteiger partial charge in [0.25, 0.3) is 11.8 Å². The molecule has 3 aromatic rings. The van der Waals surface area contributed by atoms with Crippen LogP contribution in [0.15, 0.2) is 71.7 Å². The van der Waals surface area contributed by atoms with Crippen LogP contribution in [-0.4, -0.2) is 18.4 Å². The molecule has 5 nitrogen and oxygen atoms in total. The van der Waals surface area contributed by atoms with E-state index in [2.05, 4.69) is 19.2 Å². The second kappa shape index (κ2) is 9.40. The number of benzene rings is 2. The molecule has 4 rings (SSSR count). The molecular weight excluding hydrogens is 420 g/mol. The number of carbonyl (C=O) groups excluding carboxylic acids is 2. The fraction of sp³-hybridized carbons (Fsp3) is 0.231. The lowest BCUT2D eigenvalue weighted by molar-refractivity contribution is -0.120. The Morgan fingerprint density at radius 1 is 1.00 bits per heavy atom. The predicted octanol–water partition coefficient (Wildman–Crippen LogP) is 6.06. The van der Waals surface area contributed by atoms with Crippen molar-refractivity contribution in [1.82, 2.24) is 0 Å². The molecule has 2 aromatic carbocycles. The quantitative estimate of drug-likeness (QED) is 0.428. The number of amides is 2. The van der Waals surface area contributed by atoms with Gasteiger partial charge in [0, 0.05) is 16.6 Å². The van der Waals surface area contributed by atoms with Gasteiger partial charge in [0.05, 0.1) is 17.9 Å². The van der Waals surface area contributed by atoms with E-state index in [1.54, 1.807) is 18.2 Å². The van der Waals surface area contributed by atoms with Crippen LogP contribution >= 0.6 is 11.3 Å². The van der Waals surface area contributed by atoms with Gasteiger partial charge >= 0.3 is 0 Å². The standard InChI is InChI=1S/C26H26N2O3S/c1-4-14-31-21-8-5-7-20(16-21)28-25(29)23(22-9-6-15-32-22)24(26(28)30)27-19-12-10-18(11-13-19)17(2)3/h5-13,15-17,27H,4,14H2,1-3H3. The first-order valence-electron chi connectivity index (χ1n) is 10.8. The maximum absolute atomic E-state index is 13.5. The van der Waals surface area contributed by atoms with Crippen molar-refractivity contribution in [2.24, 2.45) is 0 Å². The lowest BCUT2D eigenvalue weighted by Gasteiger charge is -2.16. The van der Waals surface area contributed by atoms with Crippen molar-refractivity contribution in [2.45, 2.75) is 33.1 Å². The van der Waals surface area contributed by atoms with Crippen LogP contribution in [0.1, 0.15) is 43.6 Å². The van der Waals surface area contributed by atoms with E-state index in [0.29, 0.717) is 29.5 Å². The largest absolute Gasteiger partial charge is 0.494 e. The summed E-state index contributed by atoms with van der Waals surface area (Å²) in [5.74, 6) is 0.330. The third-order valence-corrected chi connectivity index (χ3v) is 6.13. The van der Waals surface area contributed by atoms with E-state index in [9.17, 15) is 9.59 Å². The van der Waals surface area contributed by atoms with Crippen molar-refractivity contribution in [1.29, 1.82) is 0 Å². The molecular formula is C26H26N2O3S. The third kappa shape index (κ3) is 4.32. The fourth-order valence-electron chi connectivity index (χ4n) is 3.56. The molecule has 0 spiro atoms. The molecule has 0 bridgehead atoms. The van der Waals surface area contributed by atoms with Crippen molar-refractivity contribution in [3.63, 3.8) is 0 Å². The van der Waals surface area contributed by atoms with Crippen molar-refractivity contribution in [3.8, 4) is 5.75 Å². The Balaban J connectivity index is 1.70. The van der Waals surface area contributed by atoms with Gasteiger partial charge in [-0.05, 0) is 53.6 Å². The van der Waals surface area contributed by atoms with E-state index in [-0.39, 0.29) is 17.5 Å². The van der Waals surface area contributed by atoms with Crippen LogP contribution in [0.25, 0.3) is 5.57 Å². The maximum atomic E-state index is 13.5. The van der Waals surface area contributed by atoms with Gasteiger partial charge in [-0.15, -0.1) is 11.3 Å². The Labute approximate surface area is 192 Å². The van der Waals surface area contributed by atoms with Crippen molar-refractivity contribution in [2.75, 3.05) is 16.8 Å². The van der Waals surface area contributed by atoms with Crippen LogP contribution in [0.5, 0.6) is 5.75 Å². The number of carbonyl (C=O) groups is 2. The summed E-state index contributed by atoms with van der Waals surface area (Å²) >= 11 is 1.44. The van der Waals surface area contributed by atoms with Gasteiger partial charge in [0.1, 0.15) is 11.4 Å². The van der Waals surface area contributed by atoms with Gasteiger partial charge in [0.2, 0.25) is 0 Å². The molecule has 32 heavy (non-hydrogen) atoms. The normalized spacial score (nSPS) is 13.9. The minimum Gasteiger partial charge on any atom is -0.494 e. The number of anilines is 2. The molecule has 2 amide bonds. The first kappa shape index (κ1) is 21.8. The lowest BCUT2D eigenvalue weighted by atomic mass is 10.0. The molecule has 0 aliphatic carbocycles. The average Bonchev–Trinajstić information content (AvgIpc) is 3.39. The monoisotopic (exact) mass is 446 g/mol. The summed E-state index contributed by atoms with van der Waals surface area (Å²) in [5, 5.41) is 5.12. The summed E-state index contributed by atoms with van der Waals surface area (Å²) in [6.45, 7) is 6.87. The molecule has 0 fully saturated rings. The van der Waals surface area contributed by atoms with E-state index in [4.69, 9.17) is 4.74 Å². The van der Waals surface area contributed by atoms with Crippen molar-refractivity contribution in [3.05, 3.63) is 82.2 Å². The van der Waals surface area contributed by atoms with Crippen LogP contribution in [0.4, 0.5) is 11.4 Å². The summed E-state index contributed by atoms with van der Waals surface area (Å²) in [7, 11) is 0. The number of thiophene rings is 1. The number of hydrogen-bond acceptors (Lipinski definition) is 5. The first-order valence-corrected chi connectivity index (χ1v) is 11.6. The molecule has 1 aliphatic rings. The van der Waals surface area contributed by atoms with Gasteiger partial charge in [-0.1, -0.05) is 45.0 Å². The second-order valence-electron chi connectivity index (χ2n) is 7.92. The summed E-state index contributed by atoms with van der Waals surface area (Å²) < 4.78 is 5.70. The van der Waals surface area contributed by atoms with Gasteiger partial charge in [-0.3, -0.25) is 9.59 Å². The maximum Gasteiger partial charge on any atom is 0.282 e. The number of ether oxygens (including phenoxy) is 1. The Morgan fingerprint density at radius 2 is 1.78 bits per heavy atom. The molecule has 0 saturated heterocycles. The van der Waals surface area contributed by atoms with Crippen molar-refractivity contribution >= 4 is 40.1 Å². The Morgan fingerprint density at radius 3 is 2.44 bits per heavy atom. The highest BCUT2D eigenvalue weighted by Gasteiger charge is 2.40. The molecule has 1 aromatic heterocycles. The van der Waals surface area contributed by atoms with Crippen LogP contribution in [-0.2, 0) is 9.59 Å². The number of nitrogens with one attached hydrogen (secondary N) is 1. The van der Waals surface area contributed by atoms with Crippen LogP contribution in [0, 0.1) is 0 Å². The van der Waals surface area contributed by atoms with Crippen LogP contribution < -0.4 is 15.0 Å². The van der Waals surface area contributed by atoms with Gasteiger partial charge in [-0.2, -0.15) is 0 Å².